The summed E-state index contributed by atoms with van der Waals surface area (Å²) in [6.45, 7) is 10.6. The maximum atomic E-state index is 11.1. The van der Waals surface area contributed by atoms with Gasteiger partial charge in [-0.15, -0.1) is 5.10 Å². The van der Waals surface area contributed by atoms with E-state index in [4.69, 9.17) is 4.74 Å². The molecule has 1 aromatic rings. The predicted octanol–water partition coefficient (Wildman–Crippen LogP) is 1.32. The zero-order valence-electron chi connectivity index (χ0n) is 14.2. The second-order valence-corrected chi connectivity index (χ2v) is 8.05. The van der Waals surface area contributed by atoms with E-state index in [0.29, 0.717) is 32.2 Å². The molecule has 0 spiro atoms. The van der Waals surface area contributed by atoms with Crippen LogP contribution in [0.2, 0.25) is 0 Å². The fourth-order valence-corrected chi connectivity index (χ4v) is 4.39. The van der Waals surface area contributed by atoms with Crippen molar-refractivity contribution in [3.63, 3.8) is 0 Å². The third-order valence-electron chi connectivity index (χ3n) is 4.66. The third kappa shape index (κ3) is 4.48. The first-order valence-electron chi connectivity index (χ1n) is 8.62. The largest absolute Gasteiger partial charge is 0.385 e. The topological polar surface area (TPSA) is 61.7 Å². The molecule has 2 aliphatic heterocycles. The van der Waals surface area contributed by atoms with Gasteiger partial charge in [-0.3, -0.25) is 4.90 Å². The average Bonchev–Trinajstić information content (AvgIpc) is 3.11. The van der Waals surface area contributed by atoms with E-state index < -0.39 is 5.60 Å². The lowest BCUT2D eigenvalue weighted by atomic mass is 10.0. The van der Waals surface area contributed by atoms with Crippen molar-refractivity contribution in [3.05, 3.63) is 10.6 Å². The van der Waals surface area contributed by atoms with Crippen LogP contribution in [-0.4, -0.2) is 76.0 Å². The first kappa shape index (κ1) is 17.2. The summed E-state index contributed by atoms with van der Waals surface area (Å²) in [5, 5.41) is 15.3. The van der Waals surface area contributed by atoms with Gasteiger partial charge in [0.2, 0.25) is 0 Å². The predicted molar refractivity (Wildman–Crippen MR) is 90.7 cm³/mol. The molecule has 6 nitrogen and oxygen atoms in total. The summed E-state index contributed by atoms with van der Waals surface area (Å²) in [4.78, 5) is 5.87. The van der Waals surface area contributed by atoms with Crippen LogP contribution < -0.4 is 0 Å². The van der Waals surface area contributed by atoms with Crippen molar-refractivity contribution < 1.29 is 9.84 Å². The van der Waals surface area contributed by atoms with Crippen LogP contribution in [0.4, 0.5) is 0 Å². The molecular formula is C16H28N4O2S. The highest BCUT2D eigenvalue weighted by atomic mass is 32.1. The number of nitrogens with zero attached hydrogens (tertiary/aromatic N) is 4. The highest BCUT2D eigenvalue weighted by Crippen LogP contribution is 2.24. The Morgan fingerprint density at radius 1 is 1.26 bits per heavy atom. The van der Waals surface area contributed by atoms with E-state index in [1.165, 1.54) is 29.3 Å². The molecule has 1 atom stereocenters. The molecule has 0 bridgehead atoms. The molecule has 0 saturated carbocycles. The van der Waals surface area contributed by atoms with Crippen molar-refractivity contribution in [2.75, 3.05) is 45.9 Å². The van der Waals surface area contributed by atoms with Crippen molar-refractivity contribution in [1.29, 1.82) is 0 Å². The van der Waals surface area contributed by atoms with Crippen molar-refractivity contribution in [1.82, 2.24) is 19.4 Å². The molecule has 2 fully saturated rings. The van der Waals surface area contributed by atoms with Crippen LogP contribution in [0.15, 0.2) is 0 Å². The van der Waals surface area contributed by atoms with Crippen molar-refractivity contribution in [2.45, 2.75) is 44.8 Å². The fraction of sp³-hybridized carbons (Fsp3) is 0.875. The summed E-state index contributed by atoms with van der Waals surface area (Å²) in [5.41, 5.74) is 0.306. The summed E-state index contributed by atoms with van der Waals surface area (Å²) >= 11 is 1.48. The lowest BCUT2D eigenvalue weighted by Gasteiger charge is -2.33. The number of likely N-dealkylation sites (tertiary alicyclic amines) is 1. The molecule has 23 heavy (non-hydrogen) atoms. The smallest absolute Gasteiger partial charge is 0.113 e. The van der Waals surface area contributed by atoms with E-state index in [1.807, 2.05) is 0 Å². The third-order valence-corrected chi connectivity index (χ3v) is 5.38. The molecule has 130 valence electrons. The number of hydrogen-bond donors (Lipinski definition) is 1. The van der Waals surface area contributed by atoms with Gasteiger partial charge in [0.25, 0.3) is 0 Å². The van der Waals surface area contributed by atoms with Gasteiger partial charge in [0, 0.05) is 26.2 Å². The highest BCUT2D eigenvalue weighted by molar-refractivity contribution is 7.05. The number of ether oxygens (including phenoxy) is 1. The van der Waals surface area contributed by atoms with Gasteiger partial charge in [0.05, 0.1) is 23.8 Å². The van der Waals surface area contributed by atoms with Crippen LogP contribution >= 0.6 is 11.5 Å². The number of aliphatic hydroxyl groups is 1. The Morgan fingerprint density at radius 3 is 2.78 bits per heavy atom. The molecule has 0 amide bonds. The molecule has 3 heterocycles. The van der Waals surface area contributed by atoms with Gasteiger partial charge in [0.15, 0.2) is 0 Å². The maximum absolute atomic E-state index is 11.1. The molecule has 0 radical (unpaired) electrons. The molecule has 0 aliphatic carbocycles. The molecule has 2 saturated heterocycles. The summed E-state index contributed by atoms with van der Waals surface area (Å²) < 4.78 is 9.82. The molecule has 2 aliphatic rings. The van der Waals surface area contributed by atoms with E-state index >= 15 is 0 Å². The van der Waals surface area contributed by atoms with E-state index in [2.05, 4.69) is 33.2 Å². The standard InChI is InChI=1S/C16H28N4O2S/c1-13(2)15-14(23-18-17-15)9-20-7-8-22-12-16(21,11-20)10-19-5-3-4-6-19/h13,21H,3-12H2,1-2H3/t16-/m1/s1. The van der Waals surface area contributed by atoms with E-state index in [1.54, 1.807) is 0 Å². The van der Waals surface area contributed by atoms with Crippen LogP contribution in [0, 0.1) is 0 Å². The zero-order chi connectivity index (χ0) is 16.3. The number of rotatable bonds is 5. The second kappa shape index (κ2) is 7.53. The summed E-state index contributed by atoms with van der Waals surface area (Å²) in [6.07, 6.45) is 2.48. The average molecular weight is 340 g/mol. The van der Waals surface area contributed by atoms with E-state index in [-0.39, 0.29) is 0 Å². The first-order chi connectivity index (χ1) is 11.1. The van der Waals surface area contributed by atoms with Crippen molar-refractivity contribution in [3.8, 4) is 0 Å². The van der Waals surface area contributed by atoms with Crippen molar-refractivity contribution in [2.24, 2.45) is 0 Å². The van der Waals surface area contributed by atoms with Gasteiger partial charge in [-0.2, -0.15) is 0 Å². The first-order valence-corrected chi connectivity index (χ1v) is 9.39. The van der Waals surface area contributed by atoms with Gasteiger partial charge in [0.1, 0.15) is 5.60 Å². The molecule has 3 rings (SSSR count). The minimum absolute atomic E-state index is 0.385. The Labute approximate surface area is 142 Å². The van der Waals surface area contributed by atoms with Gasteiger partial charge in [-0.05, 0) is 43.4 Å². The monoisotopic (exact) mass is 340 g/mol. The molecular weight excluding hydrogens is 312 g/mol. The van der Waals surface area contributed by atoms with Crippen LogP contribution in [-0.2, 0) is 11.3 Å². The van der Waals surface area contributed by atoms with Crippen LogP contribution in [0.25, 0.3) is 0 Å². The van der Waals surface area contributed by atoms with Crippen LogP contribution in [0.3, 0.4) is 0 Å². The summed E-state index contributed by atoms with van der Waals surface area (Å²) in [7, 11) is 0. The second-order valence-electron chi connectivity index (χ2n) is 7.21. The Hall–Kier alpha value is -0.600. The summed E-state index contributed by atoms with van der Waals surface area (Å²) in [6, 6.07) is 0. The maximum Gasteiger partial charge on any atom is 0.113 e. The van der Waals surface area contributed by atoms with Gasteiger partial charge in [-0.1, -0.05) is 18.3 Å². The fourth-order valence-electron chi connectivity index (χ4n) is 3.55. The Morgan fingerprint density at radius 2 is 2.04 bits per heavy atom. The van der Waals surface area contributed by atoms with E-state index in [0.717, 1.165) is 31.9 Å². The Bertz CT molecular complexity index is 504. The Balaban J connectivity index is 1.65. The lowest BCUT2D eigenvalue weighted by Crippen LogP contribution is -2.51. The Kier molecular flexibility index (Phi) is 5.64. The van der Waals surface area contributed by atoms with Crippen LogP contribution in [0.1, 0.15) is 43.2 Å². The highest BCUT2D eigenvalue weighted by Gasteiger charge is 2.35. The van der Waals surface area contributed by atoms with Crippen molar-refractivity contribution >= 4 is 11.5 Å². The van der Waals surface area contributed by atoms with Gasteiger partial charge >= 0.3 is 0 Å². The van der Waals surface area contributed by atoms with E-state index in [9.17, 15) is 5.11 Å². The molecule has 7 heteroatoms. The number of β-amino-alcohol motifs (C(OH)–C–C–N with tert-alkyl or cyclic N) is 1. The minimum Gasteiger partial charge on any atom is -0.385 e. The zero-order valence-corrected chi connectivity index (χ0v) is 15.0. The molecule has 0 aromatic carbocycles. The molecule has 1 N–H and O–H groups in total. The normalized spacial score (nSPS) is 27.7. The number of aromatic nitrogens is 2. The van der Waals surface area contributed by atoms with Gasteiger partial charge < -0.3 is 14.7 Å². The number of hydrogen-bond acceptors (Lipinski definition) is 7. The summed E-state index contributed by atoms with van der Waals surface area (Å²) in [5.74, 6) is 0.385. The SMILES string of the molecule is CC(C)c1nnsc1CN1CCOC[C@@](O)(CN2CCCC2)C1. The molecule has 0 unspecified atom stereocenters. The lowest BCUT2D eigenvalue weighted by molar-refractivity contribution is -0.0548. The molecule has 1 aromatic heterocycles. The minimum atomic E-state index is -0.781. The quantitative estimate of drug-likeness (QED) is 0.872. The van der Waals surface area contributed by atoms with Crippen LogP contribution in [0.5, 0.6) is 0 Å². The van der Waals surface area contributed by atoms with Gasteiger partial charge in [-0.25, -0.2) is 0 Å².